The second-order valence-corrected chi connectivity index (χ2v) is 6.77. The SMILES string of the molecule is CNC(=O)C1=C(C(=O)Nc2ccc(CC(=O)c3c(F)ccc(F)c3Cl)cc2)CC=N1. The van der Waals surface area contributed by atoms with Crippen LogP contribution in [0.3, 0.4) is 0 Å². The van der Waals surface area contributed by atoms with Crippen LogP contribution in [-0.2, 0) is 16.0 Å². The van der Waals surface area contributed by atoms with Crippen LogP contribution in [0.4, 0.5) is 14.5 Å². The number of amides is 2. The Morgan fingerprint density at radius 2 is 1.70 bits per heavy atom. The van der Waals surface area contributed by atoms with Gasteiger partial charge in [-0.2, -0.15) is 0 Å². The molecule has 2 amide bonds. The quantitative estimate of drug-likeness (QED) is 0.542. The van der Waals surface area contributed by atoms with Gasteiger partial charge in [-0.15, -0.1) is 0 Å². The number of carbonyl (C=O) groups is 3. The van der Waals surface area contributed by atoms with Crippen LogP contribution in [0.15, 0.2) is 52.7 Å². The largest absolute Gasteiger partial charge is 0.354 e. The van der Waals surface area contributed by atoms with Crippen LogP contribution < -0.4 is 10.6 Å². The molecule has 0 aromatic heterocycles. The second kappa shape index (κ2) is 8.96. The number of hydrogen-bond acceptors (Lipinski definition) is 4. The summed E-state index contributed by atoms with van der Waals surface area (Å²) in [6.07, 6.45) is 1.51. The highest BCUT2D eigenvalue weighted by Gasteiger charge is 2.23. The lowest BCUT2D eigenvalue weighted by atomic mass is 10.0. The third-order valence-electron chi connectivity index (χ3n) is 4.42. The monoisotopic (exact) mass is 431 g/mol. The Labute approximate surface area is 175 Å². The molecular weight excluding hydrogens is 416 g/mol. The minimum atomic E-state index is -0.894. The first-order chi connectivity index (χ1) is 14.3. The fraction of sp³-hybridized carbons (Fsp3) is 0.143. The van der Waals surface area contributed by atoms with Gasteiger partial charge in [0, 0.05) is 31.8 Å². The van der Waals surface area contributed by atoms with Crippen LogP contribution in [0.5, 0.6) is 0 Å². The summed E-state index contributed by atoms with van der Waals surface area (Å²) >= 11 is 5.72. The number of likely N-dealkylation sites (N-methyl/N-ethyl adjacent to an activating group) is 1. The molecule has 0 fully saturated rings. The van der Waals surface area contributed by atoms with E-state index in [0.29, 0.717) is 11.3 Å². The number of anilines is 1. The maximum Gasteiger partial charge on any atom is 0.270 e. The first-order valence-corrected chi connectivity index (χ1v) is 9.24. The summed E-state index contributed by atoms with van der Waals surface area (Å²) in [5.41, 5.74) is 0.758. The molecule has 1 aliphatic rings. The first-order valence-electron chi connectivity index (χ1n) is 8.86. The van der Waals surface area contributed by atoms with E-state index in [1.165, 1.54) is 13.3 Å². The normalized spacial score (nSPS) is 12.8. The number of carbonyl (C=O) groups excluding carboxylic acids is 3. The third-order valence-corrected chi connectivity index (χ3v) is 4.79. The number of nitrogens with one attached hydrogen (secondary N) is 2. The van der Waals surface area contributed by atoms with Crippen molar-refractivity contribution in [1.82, 2.24) is 5.32 Å². The number of ketones is 1. The summed E-state index contributed by atoms with van der Waals surface area (Å²) in [5.74, 6) is -3.36. The molecule has 0 bridgehead atoms. The van der Waals surface area contributed by atoms with Gasteiger partial charge in [-0.3, -0.25) is 19.4 Å². The molecule has 6 nitrogen and oxygen atoms in total. The van der Waals surface area contributed by atoms with Gasteiger partial charge in [-0.05, 0) is 29.8 Å². The van der Waals surface area contributed by atoms with E-state index in [4.69, 9.17) is 11.6 Å². The smallest absolute Gasteiger partial charge is 0.270 e. The van der Waals surface area contributed by atoms with Crippen molar-refractivity contribution >= 4 is 41.1 Å². The molecular formula is C21H16ClF2N3O3. The minimum Gasteiger partial charge on any atom is -0.354 e. The lowest BCUT2D eigenvalue weighted by Gasteiger charge is -2.09. The third kappa shape index (κ3) is 4.44. The van der Waals surface area contributed by atoms with Gasteiger partial charge < -0.3 is 10.6 Å². The molecule has 1 aliphatic heterocycles. The van der Waals surface area contributed by atoms with Crippen molar-refractivity contribution < 1.29 is 23.2 Å². The molecule has 3 rings (SSSR count). The number of Topliss-reactive ketones (excluding diaryl/α,β-unsaturated/α-hetero) is 1. The van der Waals surface area contributed by atoms with E-state index < -0.39 is 39.8 Å². The maximum absolute atomic E-state index is 13.9. The van der Waals surface area contributed by atoms with Crippen LogP contribution in [0.25, 0.3) is 0 Å². The highest BCUT2D eigenvalue weighted by Crippen LogP contribution is 2.25. The van der Waals surface area contributed by atoms with Crippen molar-refractivity contribution in [1.29, 1.82) is 0 Å². The van der Waals surface area contributed by atoms with E-state index in [9.17, 15) is 23.2 Å². The molecule has 0 unspecified atom stereocenters. The van der Waals surface area contributed by atoms with E-state index in [1.54, 1.807) is 24.3 Å². The summed E-state index contributed by atoms with van der Waals surface area (Å²) in [4.78, 5) is 40.5. The molecule has 0 aliphatic carbocycles. The summed E-state index contributed by atoms with van der Waals surface area (Å²) in [7, 11) is 1.45. The van der Waals surface area contributed by atoms with Crippen molar-refractivity contribution in [3.8, 4) is 0 Å². The molecule has 0 radical (unpaired) electrons. The van der Waals surface area contributed by atoms with E-state index in [0.717, 1.165) is 12.1 Å². The standard InChI is InChI=1S/C21H16ClF2N3O3/c1-25-21(30)19-13(8-9-26-19)20(29)27-12-4-2-11(3-5-12)10-16(28)17-14(23)6-7-15(24)18(17)22/h2-7,9H,8,10H2,1H3,(H,25,30)(H,27,29). The molecule has 154 valence electrons. The predicted molar refractivity (Wildman–Crippen MR) is 109 cm³/mol. The Morgan fingerprint density at radius 1 is 1.03 bits per heavy atom. The van der Waals surface area contributed by atoms with Crippen molar-refractivity contribution in [2.45, 2.75) is 12.8 Å². The van der Waals surface area contributed by atoms with Gasteiger partial charge in [0.15, 0.2) is 5.78 Å². The average Bonchev–Trinajstić information content (AvgIpc) is 3.22. The lowest BCUT2D eigenvalue weighted by Crippen LogP contribution is -2.23. The maximum atomic E-state index is 13.9. The van der Waals surface area contributed by atoms with Crippen LogP contribution in [0, 0.1) is 11.6 Å². The molecule has 0 saturated carbocycles. The number of hydrogen-bond donors (Lipinski definition) is 2. The van der Waals surface area contributed by atoms with Gasteiger partial charge >= 0.3 is 0 Å². The highest BCUT2D eigenvalue weighted by molar-refractivity contribution is 6.34. The minimum absolute atomic E-state index is 0.0613. The first kappa shape index (κ1) is 21.3. The van der Waals surface area contributed by atoms with Gasteiger partial charge in [-0.1, -0.05) is 23.7 Å². The van der Waals surface area contributed by atoms with Crippen molar-refractivity contribution in [3.63, 3.8) is 0 Å². The molecule has 2 aromatic carbocycles. The Morgan fingerprint density at radius 3 is 2.37 bits per heavy atom. The Kier molecular flexibility index (Phi) is 6.37. The Hall–Kier alpha value is -3.39. The van der Waals surface area contributed by atoms with Crippen LogP contribution >= 0.6 is 11.6 Å². The fourth-order valence-electron chi connectivity index (χ4n) is 2.89. The molecule has 0 spiro atoms. The summed E-state index contributed by atoms with van der Waals surface area (Å²) in [6.45, 7) is 0. The summed E-state index contributed by atoms with van der Waals surface area (Å²) in [6, 6.07) is 7.95. The Bertz CT molecular complexity index is 1100. The number of aliphatic imine (C=N–C) groups is 1. The van der Waals surface area contributed by atoms with E-state index >= 15 is 0 Å². The number of nitrogens with zero attached hydrogens (tertiary/aromatic N) is 1. The average molecular weight is 432 g/mol. The molecule has 9 heteroatoms. The zero-order valence-corrected chi connectivity index (χ0v) is 16.5. The van der Waals surface area contributed by atoms with Crippen LogP contribution in [0.1, 0.15) is 22.3 Å². The fourth-order valence-corrected chi connectivity index (χ4v) is 3.14. The Balaban J connectivity index is 1.70. The molecule has 1 heterocycles. The van der Waals surface area contributed by atoms with Gasteiger partial charge in [0.05, 0.1) is 16.2 Å². The number of halogens is 3. The highest BCUT2D eigenvalue weighted by atomic mass is 35.5. The van der Waals surface area contributed by atoms with Gasteiger partial charge in [-0.25, -0.2) is 8.78 Å². The van der Waals surface area contributed by atoms with Gasteiger partial charge in [0.1, 0.15) is 17.3 Å². The molecule has 2 aromatic rings. The van der Waals surface area contributed by atoms with Crippen LogP contribution in [-0.4, -0.2) is 30.9 Å². The zero-order valence-electron chi connectivity index (χ0n) is 15.8. The lowest BCUT2D eigenvalue weighted by molar-refractivity contribution is -0.118. The number of rotatable bonds is 6. The van der Waals surface area contributed by atoms with Crippen molar-refractivity contribution in [2.75, 3.05) is 12.4 Å². The van der Waals surface area contributed by atoms with Gasteiger partial charge in [0.2, 0.25) is 0 Å². The van der Waals surface area contributed by atoms with Gasteiger partial charge in [0.25, 0.3) is 11.8 Å². The molecule has 30 heavy (non-hydrogen) atoms. The zero-order chi connectivity index (χ0) is 21.8. The van der Waals surface area contributed by atoms with E-state index in [-0.39, 0.29) is 24.1 Å². The van der Waals surface area contributed by atoms with Crippen molar-refractivity contribution in [2.24, 2.45) is 4.99 Å². The number of benzene rings is 2. The molecule has 0 saturated heterocycles. The van der Waals surface area contributed by atoms with E-state index in [1.807, 2.05) is 0 Å². The summed E-state index contributed by atoms with van der Waals surface area (Å²) < 4.78 is 27.4. The topological polar surface area (TPSA) is 87.6 Å². The second-order valence-electron chi connectivity index (χ2n) is 6.39. The molecule has 2 N–H and O–H groups in total. The van der Waals surface area contributed by atoms with Crippen molar-refractivity contribution in [3.05, 3.63) is 75.5 Å². The predicted octanol–water partition coefficient (Wildman–Crippen LogP) is 3.46. The van der Waals surface area contributed by atoms with Crippen LogP contribution in [0.2, 0.25) is 5.02 Å². The summed E-state index contributed by atoms with van der Waals surface area (Å²) in [5, 5.41) is 4.53. The van der Waals surface area contributed by atoms with E-state index in [2.05, 4.69) is 15.6 Å². The molecule has 0 atom stereocenters.